The van der Waals surface area contributed by atoms with Crippen LogP contribution in [0.5, 0.6) is 0 Å². The van der Waals surface area contributed by atoms with E-state index in [2.05, 4.69) is 6.26 Å². The van der Waals surface area contributed by atoms with Crippen molar-refractivity contribution < 1.29 is 63.4 Å². The van der Waals surface area contributed by atoms with Crippen molar-refractivity contribution in [2.75, 3.05) is 0 Å². The summed E-state index contributed by atoms with van der Waals surface area (Å²) in [5.74, 6) is 0. The smallest absolute Gasteiger partial charge is 1.00 e. The number of benzene rings is 1. The van der Waals surface area contributed by atoms with Gasteiger partial charge >= 0.3 is 21.7 Å². The molecule has 0 aliphatic heterocycles. The van der Waals surface area contributed by atoms with Crippen LogP contribution in [0.4, 0.5) is 0 Å². The Morgan fingerprint density at radius 2 is 1.62 bits per heavy atom. The van der Waals surface area contributed by atoms with Gasteiger partial charge in [-0.05, 0) is 11.8 Å². The first kappa shape index (κ1) is 19.0. The van der Waals surface area contributed by atoms with E-state index in [9.17, 15) is 0 Å². The van der Waals surface area contributed by atoms with Crippen molar-refractivity contribution in [3.05, 3.63) is 36.6 Å². The summed E-state index contributed by atoms with van der Waals surface area (Å²) in [7, 11) is 0. The number of fused-ring (bicyclic) bond motifs is 1. The Kier molecular flexibility index (Phi) is 13.0. The van der Waals surface area contributed by atoms with Gasteiger partial charge in [0.15, 0.2) is 0 Å². The Balaban J connectivity index is -0.000000250. The molecule has 5 heteroatoms. The molecule has 0 radical (unpaired) electrons. The fourth-order valence-electron chi connectivity index (χ4n) is 0.849. The molecular weight excluding hydrogens is 266 g/mol. The fourth-order valence-corrected chi connectivity index (χ4v) is 0.849. The largest absolute Gasteiger partial charge is 4.00 e. The molecule has 1 nitrogen and oxygen atoms in total. The molecule has 1 heterocycles. The number of halogens is 3. The summed E-state index contributed by atoms with van der Waals surface area (Å²) in [6.07, 6.45) is 2.66. The van der Waals surface area contributed by atoms with Gasteiger partial charge in [0.1, 0.15) is 0 Å². The molecule has 0 amide bonds. The van der Waals surface area contributed by atoms with Crippen LogP contribution in [0.1, 0.15) is 0 Å². The molecule has 0 N–H and O–H groups in total. The topological polar surface area (TPSA) is 13.1 Å². The van der Waals surface area contributed by atoms with E-state index in [0.717, 1.165) is 11.0 Å². The normalized spacial score (nSPS) is 7.08. The van der Waals surface area contributed by atoms with Crippen LogP contribution in [0.15, 0.2) is 34.7 Å². The van der Waals surface area contributed by atoms with E-state index >= 15 is 0 Å². The second-order valence-corrected chi connectivity index (χ2v) is 1.90. The second-order valence-electron chi connectivity index (χ2n) is 1.90. The molecule has 0 saturated heterocycles. The predicted molar refractivity (Wildman–Crippen MR) is 35.1 cm³/mol. The first-order valence-electron chi connectivity index (χ1n) is 2.81. The summed E-state index contributed by atoms with van der Waals surface area (Å²) in [6.45, 7) is 0. The van der Waals surface area contributed by atoms with Gasteiger partial charge in [0.05, 0.1) is 0 Å². The Labute approximate surface area is 110 Å². The van der Waals surface area contributed by atoms with E-state index in [-0.39, 0.29) is 58.9 Å². The molecule has 0 saturated carbocycles. The van der Waals surface area contributed by atoms with Crippen LogP contribution in [-0.4, -0.2) is 0 Å². The molecule has 0 fully saturated rings. The van der Waals surface area contributed by atoms with E-state index < -0.39 is 0 Å². The Hall–Kier alpha value is 0.344. The minimum absolute atomic E-state index is 0. The molecule has 2 rings (SSSR count). The van der Waals surface area contributed by atoms with Gasteiger partial charge in [-0.15, -0.1) is 17.5 Å². The van der Waals surface area contributed by atoms with Crippen LogP contribution < -0.4 is 37.2 Å². The number of hydrogen-bond acceptors (Lipinski definition) is 1. The van der Waals surface area contributed by atoms with Gasteiger partial charge < -0.3 is 41.6 Å². The van der Waals surface area contributed by atoms with Crippen LogP contribution in [0.25, 0.3) is 11.0 Å². The van der Waals surface area contributed by atoms with Gasteiger partial charge in [0.2, 0.25) is 0 Å². The molecule has 0 aliphatic carbocycles. The average molecular weight is 271 g/mol. The van der Waals surface area contributed by atoms with Crippen molar-refractivity contribution in [2.45, 2.75) is 0 Å². The Morgan fingerprint density at radius 3 is 2.23 bits per heavy atom. The standard InChI is InChI=1S/C8H5O.3ClH.Ti/c1-2-4-8-7(3-1)5-6-9-8;;;;/h1-5H;3*1H;/q-1;;;;+4/p-3. The number of hydrogen-bond donors (Lipinski definition) is 0. The zero-order valence-electron chi connectivity index (χ0n) is 6.43. The fraction of sp³-hybridized carbons (Fsp3) is 0. The molecule has 0 atom stereocenters. The van der Waals surface area contributed by atoms with Gasteiger partial charge in [-0.1, -0.05) is 18.2 Å². The second kappa shape index (κ2) is 8.92. The van der Waals surface area contributed by atoms with Gasteiger partial charge in [0.25, 0.3) is 0 Å². The SMILES string of the molecule is [Cl-].[Cl-].[Cl-].[Ti+4].[c-]1cc2ccccc2o1. The Bertz CT molecular complexity index is 293. The quantitative estimate of drug-likeness (QED) is 0.343. The summed E-state index contributed by atoms with van der Waals surface area (Å²) in [6, 6.07) is 9.67. The van der Waals surface area contributed by atoms with E-state index in [1.165, 1.54) is 0 Å². The van der Waals surface area contributed by atoms with Crippen LogP contribution in [-0.2, 0) is 21.7 Å². The predicted octanol–water partition coefficient (Wildman–Crippen LogP) is -6.76. The average Bonchev–Trinajstić information content (AvgIpc) is 2.33. The van der Waals surface area contributed by atoms with Gasteiger partial charge in [-0.3, -0.25) is 0 Å². The third kappa shape index (κ3) is 4.39. The third-order valence-corrected chi connectivity index (χ3v) is 1.30. The van der Waals surface area contributed by atoms with Gasteiger partial charge in [0, 0.05) is 0 Å². The molecular formula is C8H5Cl3OTi. The van der Waals surface area contributed by atoms with Crippen LogP contribution >= 0.6 is 0 Å². The molecule has 1 aromatic carbocycles. The van der Waals surface area contributed by atoms with Crippen molar-refractivity contribution in [3.8, 4) is 0 Å². The minimum atomic E-state index is 0. The van der Waals surface area contributed by atoms with E-state index in [4.69, 9.17) is 4.42 Å². The van der Waals surface area contributed by atoms with Crippen molar-refractivity contribution in [2.24, 2.45) is 0 Å². The molecule has 0 aliphatic rings. The summed E-state index contributed by atoms with van der Waals surface area (Å²) in [4.78, 5) is 0. The van der Waals surface area contributed by atoms with Crippen LogP contribution in [0.2, 0.25) is 0 Å². The summed E-state index contributed by atoms with van der Waals surface area (Å²) in [5, 5.41) is 1.11. The van der Waals surface area contributed by atoms with E-state index in [1.807, 2.05) is 30.3 Å². The molecule has 13 heavy (non-hydrogen) atoms. The Morgan fingerprint density at radius 1 is 1.00 bits per heavy atom. The number of para-hydroxylation sites is 1. The third-order valence-electron chi connectivity index (χ3n) is 1.30. The molecule has 0 unspecified atom stereocenters. The van der Waals surface area contributed by atoms with Crippen LogP contribution in [0.3, 0.4) is 0 Å². The van der Waals surface area contributed by atoms with Crippen molar-refractivity contribution in [3.63, 3.8) is 0 Å². The van der Waals surface area contributed by atoms with Gasteiger partial charge in [-0.2, -0.15) is 0 Å². The van der Waals surface area contributed by atoms with Crippen molar-refractivity contribution in [1.82, 2.24) is 0 Å². The van der Waals surface area contributed by atoms with Gasteiger partial charge in [-0.25, -0.2) is 0 Å². The number of furan rings is 1. The van der Waals surface area contributed by atoms with Crippen molar-refractivity contribution in [1.29, 1.82) is 0 Å². The maximum Gasteiger partial charge on any atom is 4.00 e. The zero-order chi connectivity index (χ0) is 6.10. The molecule has 68 valence electrons. The van der Waals surface area contributed by atoms with Crippen LogP contribution in [0, 0.1) is 6.26 Å². The molecule has 2 aromatic rings. The number of rotatable bonds is 0. The summed E-state index contributed by atoms with van der Waals surface area (Å²) in [5.41, 5.74) is 0.900. The monoisotopic (exact) mass is 270 g/mol. The minimum Gasteiger partial charge on any atom is -1.00 e. The first-order chi connectivity index (χ1) is 4.47. The maximum atomic E-state index is 4.99. The summed E-state index contributed by atoms with van der Waals surface area (Å²) < 4.78 is 4.99. The molecule has 1 aromatic heterocycles. The zero-order valence-corrected chi connectivity index (χ0v) is 10.3. The molecule has 0 spiro atoms. The first-order valence-corrected chi connectivity index (χ1v) is 2.81. The van der Waals surface area contributed by atoms with Crippen molar-refractivity contribution >= 4 is 11.0 Å². The maximum absolute atomic E-state index is 4.99. The van der Waals surface area contributed by atoms with E-state index in [1.54, 1.807) is 0 Å². The molecule has 0 bridgehead atoms. The van der Waals surface area contributed by atoms with E-state index in [0.29, 0.717) is 0 Å². The summed E-state index contributed by atoms with van der Waals surface area (Å²) >= 11 is 0.